The van der Waals surface area contributed by atoms with Crippen molar-refractivity contribution in [2.75, 3.05) is 0 Å². The van der Waals surface area contributed by atoms with E-state index >= 15 is 0 Å². The Morgan fingerprint density at radius 1 is 1.47 bits per heavy atom. The van der Waals surface area contributed by atoms with Gasteiger partial charge in [0.2, 0.25) is 5.89 Å². The van der Waals surface area contributed by atoms with E-state index in [4.69, 9.17) is 14.9 Å². The summed E-state index contributed by atoms with van der Waals surface area (Å²) in [6.07, 6.45) is 3.46. The van der Waals surface area contributed by atoms with Crippen molar-refractivity contribution >= 4 is 0 Å². The fraction of sp³-hybridized carbons (Fsp3) is 0.727. The Morgan fingerprint density at radius 2 is 2.27 bits per heavy atom. The van der Waals surface area contributed by atoms with E-state index in [1.807, 2.05) is 13.8 Å². The molecule has 1 heterocycles. The van der Waals surface area contributed by atoms with Gasteiger partial charge in [-0.05, 0) is 33.1 Å². The Kier molecular flexibility index (Phi) is 3.07. The molecule has 1 aromatic rings. The number of nitrogens with zero attached hydrogens (tertiary/aromatic N) is 1. The van der Waals surface area contributed by atoms with Crippen LogP contribution in [0.4, 0.5) is 0 Å². The van der Waals surface area contributed by atoms with Crippen LogP contribution in [0, 0.1) is 13.8 Å². The van der Waals surface area contributed by atoms with Crippen molar-refractivity contribution in [2.24, 2.45) is 5.73 Å². The van der Waals surface area contributed by atoms with Crippen molar-refractivity contribution in [2.45, 2.75) is 51.9 Å². The number of hydrogen-bond donors (Lipinski definition) is 1. The lowest BCUT2D eigenvalue weighted by atomic mass is 10.2. The minimum absolute atomic E-state index is 0.178. The molecule has 2 atom stereocenters. The van der Waals surface area contributed by atoms with Crippen LogP contribution in [-0.4, -0.2) is 17.1 Å². The van der Waals surface area contributed by atoms with Crippen molar-refractivity contribution < 1.29 is 9.15 Å². The van der Waals surface area contributed by atoms with E-state index in [-0.39, 0.29) is 12.1 Å². The van der Waals surface area contributed by atoms with Crippen LogP contribution in [0.2, 0.25) is 0 Å². The lowest BCUT2D eigenvalue weighted by Crippen LogP contribution is -2.31. The topological polar surface area (TPSA) is 61.3 Å². The molecule has 2 rings (SSSR count). The van der Waals surface area contributed by atoms with E-state index < -0.39 is 0 Å². The Bertz CT molecular complexity index is 316. The molecule has 2 unspecified atom stereocenters. The molecular weight excluding hydrogens is 192 g/mol. The van der Waals surface area contributed by atoms with Gasteiger partial charge < -0.3 is 14.9 Å². The van der Waals surface area contributed by atoms with Crippen molar-refractivity contribution in [3.63, 3.8) is 0 Å². The maximum Gasteiger partial charge on any atom is 0.220 e. The molecule has 1 aliphatic carbocycles. The molecule has 84 valence electrons. The summed E-state index contributed by atoms with van der Waals surface area (Å²) in [7, 11) is 0. The molecule has 0 amide bonds. The Balaban J connectivity index is 1.87. The van der Waals surface area contributed by atoms with Gasteiger partial charge in [0.25, 0.3) is 0 Å². The summed E-state index contributed by atoms with van der Waals surface area (Å²) in [4.78, 5) is 4.26. The predicted octanol–water partition coefficient (Wildman–Crippen LogP) is 1.69. The first-order valence-corrected chi connectivity index (χ1v) is 5.47. The first-order valence-electron chi connectivity index (χ1n) is 5.47. The highest BCUT2D eigenvalue weighted by molar-refractivity contribution is 5.04. The van der Waals surface area contributed by atoms with Crippen LogP contribution in [0.5, 0.6) is 0 Å². The molecule has 4 nitrogen and oxygen atoms in total. The molecule has 0 saturated heterocycles. The van der Waals surface area contributed by atoms with Gasteiger partial charge >= 0.3 is 0 Å². The van der Waals surface area contributed by atoms with E-state index in [0.717, 1.165) is 30.7 Å². The van der Waals surface area contributed by atoms with Crippen LogP contribution in [0.15, 0.2) is 4.42 Å². The van der Waals surface area contributed by atoms with E-state index in [0.29, 0.717) is 12.5 Å². The Morgan fingerprint density at radius 3 is 2.80 bits per heavy atom. The summed E-state index contributed by atoms with van der Waals surface area (Å²) in [5.74, 6) is 1.52. The monoisotopic (exact) mass is 210 g/mol. The number of aryl methyl sites for hydroxylation is 2. The normalized spacial score (nSPS) is 26.1. The molecule has 1 aliphatic rings. The number of nitrogens with two attached hydrogens (primary N) is 1. The van der Waals surface area contributed by atoms with Crippen LogP contribution < -0.4 is 5.73 Å². The van der Waals surface area contributed by atoms with Gasteiger partial charge in [-0.3, -0.25) is 0 Å². The largest absolute Gasteiger partial charge is 0.443 e. The molecule has 0 radical (unpaired) electrons. The highest BCUT2D eigenvalue weighted by Gasteiger charge is 2.24. The quantitative estimate of drug-likeness (QED) is 0.824. The van der Waals surface area contributed by atoms with E-state index in [2.05, 4.69) is 4.98 Å². The van der Waals surface area contributed by atoms with Crippen LogP contribution in [0.1, 0.15) is 36.6 Å². The molecule has 1 fully saturated rings. The van der Waals surface area contributed by atoms with E-state index in [9.17, 15) is 0 Å². The second kappa shape index (κ2) is 4.33. The second-order valence-electron chi connectivity index (χ2n) is 4.19. The van der Waals surface area contributed by atoms with Crippen LogP contribution in [0.25, 0.3) is 0 Å². The maximum absolute atomic E-state index is 5.90. The summed E-state index contributed by atoms with van der Waals surface area (Å²) < 4.78 is 11.1. The Labute approximate surface area is 89.8 Å². The van der Waals surface area contributed by atoms with Gasteiger partial charge in [0, 0.05) is 6.04 Å². The molecule has 2 N–H and O–H groups in total. The molecule has 15 heavy (non-hydrogen) atoms. The predicted molar refractivity (Wildman–Crippen MR) is 56.4 cm³/mol. The van der Waals surface area contributed by atoms with Crippen molar-refractivity contribution in [1.29, 1.82) is 0 Å². The number of ether oxygens (including phenoxy) is 1. The number of aromatic nitrogens is 1. The number of oxazole rings is 1. The average Bonchev–Trinajstić information content (AvgIpc) is 2.72. The van der Waals surface area contributed by atoms with Gasteiger partial charge in [-0.1, -0.05) is 0 Å². The smallest absolute Gasteiger partial charge is 0.220 e. The van der Waals surface area contributed by atoms with Gasteiger partial charge in [-0.2, -0.15) is 0 Å². The Hall–Kier alpha value is -0.870. The zero-order valence-electron chi connectivity index (χ0n) is 9.32. The van der Waals surface area contributed by atoms with Gasteiger partial charge in [0.15, 0.2) is 0 Å². The van der Waals surface area contributed by atoms with Gasteiger partial charge in [-0.25, -0.2) is 4.98 Å². The molecule has 0 spiro atoms. The standard InChI is InChI=1S/C11H18N2O2/c1-7-8(2)15-11(13-7)6-14-10-5-3-4-9(10)12/h9-10H,3-6,12H2,1-2H3. The van der Waals surface area contributed by atoms with Gasteiger partial charge in [-0.15, -0.1) is 0 Å². The third kappa shape index (κ3) is 2.38. The van der Waals surface area contributed by atoms with Crippen molar-refractivity contribution in [1.82, 2.24) is 4.98 Å². The summed E-state index contributed by atoms with van der Waals surface area (Å²) >= 11 is 0. The zero-order valence-corrected chi connectivity index (χ0v) is 9.32. The minimum atomic E-state index is 0.178. The first kappa shape index (κ1) is 10.6. The molecule has 1 aromatic heterocycles. The number of rotatable bonds is 3. The molecule has 1 saturated carbocycles. The molecule has 0 aromatic carbocycles. The van der Waals surface area contributed by atoms with Gasteiger partial charge in [0.05, 0.1) is 11.8 Å². The zero-order chi connectivity index (χ0) is 10.8. The molecule has 0 aliphatic heterocycles. The van der Waals surface area contributed by atoms with Crippen LogP contribution in [0.3, 0.4) is 0 Å². The average molecular weight is 210 g/mol. The molecule has 0 bridgehead atoms. The summed E-state index contributed by atoms with van der Waals surface area (Å²) in [6.45, 7) is 4.28. The maximum atomic E-state index is 5.90. The number of hydrogen-bond acceptors (Lipinski definition) is 4. The van der Waals surface area contributed by atoms with E-state index in [1.165, 1.54) is 0 Å². The summed E-state index contributed by atoms with van der Waals surface area (Å²) in [6, 6.07) is 0.183. The van der Waals surface area contributed by atoms with Crippen LogP contribution in [-0.2, 0) is 11.3 Å². The fourth-order valence-corrected chi connectivity index (χ4v) is 1.94. The SMILES string of the molecule is Cc1nc(COC2CCCC2N)oc1C. The highest BCUT2D eigenvalue weighted by Crippen LogP contribution is 2.21. The first-order chi connectivity index (χ1) is 7.16. The molecule has 4 heteroatoms. The summed E-state index contributed by atoms with van der Waals surface area (Å²) in [5.41, 5.74) is 6.84. The van der Waals surface area contributed by atoms with Gasteiger partial charge in [0.1, 0.15) is 12.4 Å². The third-order valence-corrected chi connectivity index (χ3v) is 3.00. The fourth-order valence-electron chi connectivity index (χ4n) is 1.94. The van der Waals surface area contributed by atoms with E-state index in [1.54, 1.807) is 0 Å². The second-order valence-corrected chi connectivity index (χ2v) is 4.19. The van der Waals surface area contributed by atoms with Crippen molar-refractivity contribution in [3.05, 3.63) is 17.3 Å². The van der Waals surface area contributed by atoms with Crippen molar-refractivity contribution in [3.8, 4) is 0 Å². The lowest BCUT2D eigenvalue weighted by Gasteiger charge is -2.14. The highest BCUT2D eigenvalue weighted by atomic mass is 16.5. The molecular formula is C11H18N2O2. The lowest BCUT2D eigenvalue weighted by molar-refractivity contribution is 0.0237. The van der Waals surface area contributed by atoms with Crippen LogP contribution >= 0.6 is 0 Å². The minimum Gasteiger partial charge on any atom is -0.443 e. The summed E-state index contributed by atoms with van der Waals surface area (Å²) in [5, 5.41) is 0. The third-order valence-electron chi connectivity index (χ3n) is 3.00.